The summed E-state index contributed by atoms with van der Waals surface area (Å²) in [6.45, 7) is -0.237. The first kappa shape index (κ1) is 19.0. The van der Waals surface area contributed by atoms with Crippen LogP contribution in [-0.4, -0.2) is 16.4 Å². The summed E-state index contributed by atoms with van der Waals surface area (Å²) in [7, 11) is 0. The zero-order valence-corrected chi connectivity index (χ0v) is 16.6. The molecule has 2 amide bonds. The summed E-state index contributed by atoms with van der Waals surface area (Å²) in [5.41, 5.74) is 2.00. The fraction of sp³-hybridized carbons (Fsp3) is 0.0455. The van der Waals surface area contributed by atoms with Crippen LogP contribution in [0.2, 0.25) is 5.02 Å². The molecule has 0 bridgehead atoms. The lowest BCUT2D eigenvalue weighted by Gasteiger charge is -2.10. The van der Waals surface area contributed by atoms with Gasteiger partial charge in [-0.15, -0.1) is 0 Å². The summed E-state index contributed by atoms with van der Waals surface area (Å²) in [5, 5.41) is 5.90. The number of carbonyl (C=O) groups is 2. The van der Waals surface area contributed by atoms with E-state index in [1.54, 1.807) is 54.6 Å². The number of hydrogen-bond donors (Lipinski definition) is 2. The Morgan fingerprint density at radius 3 is 2.71 bits per heavy atom. The molecule has 31 heavy (non-hydrogen) atoms. The van der Waals surface area contributed by atoms with Crippen LogP contribution in [0, 0.1) is 0 Å². The van der Waals surface area contributed by atoms with Crippen LogP contribution in [0.15, 0.2) is 69.9 Å². The highest BCUT2D eigenvalue weighted by Crippen LogP contribution is 2.37. The van der Waals surface area contributed by atoms with Crippen molar-refractivity contribution >= 4 is 45.9 Å². The number of anilines is 2. The molecule has 0 unspecified atom stereocenters. The van der Waals surface area contributed by atoms with Crippen LogP contribution in [0.4, 0.5) is 11.4 Å². The molecule has 0 radical (unpaired) electrons. The van der Waals surface area contributed by atoms with Crippen LogP contribution in [-0.2, 0) is 11.3 Å². The maximum absolute atomic E-state index is 12.7. The third-order valence-corrected chi connectivity index (χ3v) is 5.03. The fourth-order valence-electron chi connectivity index (χ4n) is 3.38. The second kappa shape index (κ2) is 7.33. The van der Waals surface area contributed by atoms with Crippen molar-refractivity contribution in [1.29, 1.82) is 0 Å². The lowest BCUT2D eigenvalue weighted by molar-refractivity contribution is -0.116. The SMILES string of the molecule is O=C(Cn1c(=O)oc2ccccc21)Nc1ccc2c(c1)C(=O)Nc1cc(Cl)ccc1O2. The van der Waals surface area contributed by atoms with Gasteiger partial charge in [-0.3, -0.25) is 14.2 Å². The summed E-state index contributed by atoms with van der Waals surface area (Å²) in [5.74, 6) is -0.668. The Hall–Kier alpha value is -4.04. The first-order valence-corrected chi connectivity index (χ1v) is 9.67. The van der Waals surface area contributed by atoms with Crippen molar-refractivity contribution in [2.45, 2.75) is 6.54 Å². The third-order valence-electron chi connectivity index (χ3n) is 4.79. The van der Waals surface area contributed by atoms with Crippen LogP contribution < -0.4 is 21.1 Å². The molecule has 0 saturated carbocycles. The highest BCUT2D eigenvalue weighted by Gasteiger charge is 2.22. The Bertz CT molecular complexity index is 1420. The number of benzene rings is 3. The van der Waals surface area contributed by atoms with E-state index in [4.69, 9.17) is 20.8 Å². The fourth-order valence-corrected chi connectivity index (χ4v) is 3.55. The second-order valence-corrected chi connectivity index (χ2v) is 7.31. The number of para-hydroxylation sites is 2. The van der Waals surface area contributed by atoms with Crippen molar-refractivity contribution < 1.29 is 18.7 Å². The summed E-state index contributed by atoms with van der Waals surface area (Å²) in [6, 6.07) is 16.5. The largest absolute Gasteiger partial charge is 0.454 e. The summed E-state index contributed by atoms with van der Waals surface area (Å²) in [4.78, 5) is 37.3. The highest BCUT2D eigenvalue weighted by molar-refractivity contribution is 6.31. The monoisotopic (exact) mass is 435 g/mol. The van der Waals surface area contributed by atoms with Crippen LogP contribution in [0.5, 0.6) is 11.5 Å². The summed E-state index contributed by atoms with van der Waals surface area (Å²) < 4.78 is 12.2. The Morgan fingerprint density at radius 2 is 1.84 bits per heavy atom. The summed E-state index contributed by atoms with van der Waals surface area (Å²) >= 11 is 5.99. The Morgan fingerprint density at radius 1 is 1.03 bits per heavy atom. The average molecular weight is 436 g/mol. The first-order valence-electron chi connectivity index (χ1n) is 9.29. The molecule has 0 aliphatic carbocycles. The van der Waals surface area contributed by atoms with E-state index in [2.05, 4.69) is 10.6 Å². The molecule has 1 aromatic heterocycles. The molecule has 2 heterocycles. The maximum atomic E-state index is 12.7. The minimum Gasteiger partial charge on any atom is -0.454 e. The molecule has 1 aliphatic heterocycles. The van der Waals surface area contributed by atoms with Gasteiger partial charge >= 0.3 is 5.76 Å². The highest BCUT2D eigenvalue weighted by atomic mass is 35.5. The van der Waals surface area contributed by atoms with Crippen LogP contribution in [0.25, 0.3) is 11.1 Å². The predicted octanol–water partition coefficient (Wildman–Crippen LogP) is 4.24. The van der Waals surface area contributed by atoms with Crippen LogP contribution in [0.1, 0.15) is 10.4 Å². The molecule has 0 fully saturated rings. The van der Waals surface area contributed by atoms with E-state index in [0.29, 0.717) is 39.0 Å². The molecule has 4 aromatic rings. The number of nitrogens with one attached hydrogen (secondary N) is 2. The molecule has 0 spiro atoms. The topological polar surface area (TPSA) is 103 Å². The molecule has 9 heteroatoms. The van der Waals surface area contributed by atoms with Crippen molar-refractivity contribution in [3.63, 3.8) is 0 Å². The second-order valence-electron chi connectivity index (χ2n) is 6.88. The van der Waals surface area contributed by atoms with Gasteiger partial charge in [0, 0.05) is 10.7 Å². The number of hydrogen-bond acceptors (Lipinski definition) is 5. The normalized spacial score (nSPS) is 12.4. The van der Waals surface area contributed by atoms with Gasteiger partial charge in [-0.05, 0) is 48.5 Å². The van der Waals surface area contributed by atoms with E-state index in [-0.39, 0.29) is 12.1 Å². The molecule has 2 N–H and O–H groups in total. The van der Waals surface area contributed by atoms with Gasteiger partial charge in [0.05, 0.1) is 16.8 Å². The van der Waals surface area contributed by atoms with Gasteiger partial charge in [-0.25, -0.2) is 4.79 Å². The van der Waals surface area contributed by atoms with Crippen molar-refractivity contribution in [3.05, 3.63) is 81.8 Å². The van der Waals surface area contributed by atoms with E-state index in [1.165, 1.54) is 10.6 Å². The number of halogens is 1. The van der Waals surface area contributed by atoms with Gasteiger partial charge in [0.25, 0.3) is 5.91 Å². The number of aromatic nitrogens is 1. The zero-order chi connectivity index (χ0) is 21.5. The predicted molar refractivity (Wildman–Crippen MR) is 115 cm³/mol. The van der Waals surface area contributed by atoms with Gasteiger partial charge in [0.2, 0.25) is 5.91 Å². The minimum absolute atomic E-state index is 0.237. The summed E-state index contributed by atoms with van der Waals surface area (Å²) in [6.07, 6.45) is 0. The molecule has 1 aliphatic rings. The Balaban J connectivity index is 1.39. The van der Waals surface area contributed by atoms with Gasteiger partial charge in [-0.2, -0.15) is 0 Å². The van der Waals surface area contributed by atoms with Crippen LogP contribution in [0.3, 0.4) is 0 Å². The molecule has 3 aromatic carbocycles. The number of fused-ring (bicyclic) bond motifs is 3. The van der Waals surface area contributed by atoms with E-state index in [0.717, 1.165) is 0 Å². The molecule has 8 nitrogen and oxygen atoms in total. The minimum atomic E-state index is -0.623. The molecule has 0 atom stereocenters. The molecular weight excluding hydrogens is 422 g/mol. The quantitative estimate of drug-likeness (QED) is 0.501. The molecular formula is C22H14ClN3O5. The van der Waals surface area contributed by atoms with Crippen molar-refractivity contribution in [2.75, 3.05) is 10.6 Å². The van der Waals surface area contributed by atoms with Gasteiger partial charge < -0.3 is 19.8 Å². The van der Waals surface area contributed by atoms with E-state index < -0.39 is 17.6 Å². The number of oxazole rings is 1. The van der Waals surface area contributed by atoms with Crippen molar-refractivity contribution in [1.82, 2.24) is 4.57 Å². The average Bonchev–Trinajstić information content (AvgIpc) is 2.98. The zero-order valence-electron chi connectivity index (χ0n) is 15.8. The third kappa shape index (κ3) is 3.53. The Labute approximate surface area is 180 Å². The standard InChI is InChI=1S/C22H14ClN3O5/c23-12-5-7-18-15(9-12)25-21(28)14-10-13(6-8-17(14)30-18)24-20(27)11-26-16-3-1-2-4-19(16)31-22(26)29/h1-10H,11H2,(H,24,27)(H,25,28). The van der Waals surface area contributed by atoms with Gasteiger partial charge in [0.15, 0.2) is 11.3 Å². The number of amides is 2. The lowest BCUT2D eigenvalue weighted by Crippen LogP contribution is -2.24. The van der Waals surface area contributed by atoms with E-state index >= 15 is 0 Å². The number of nitrogens with zero attached hydrogens (tertiary/aromatic N) is 1. The molecule has 154 valence electrons. The smallest absolute Gasteiger partial charge is 0.420 e. The first-order chi connectivity index (χ1) is 15.0. The van der Waals surface area contributed by atoms with E-state index in [1.807, 2.05) is 0 Å². The number of ether oxygens (including phenoxy) is 1. The van der Waals surface area contributed by atoms with Crippen molar-refractivity contribution in [2.24, 2.45) is 0 Å². The van der Waals surface area contributed by atoms with E-state index in [9.17, 15) is 14.4 Å². The van der Waals surface area contributed by atoms with Crippen molar-refractivity contribution in [3.8, 4) is 11.5 Å². The van der Waals surface area contributed by atoms with Gasteiger partial charge in [0.1, 0.15) is 12.3 Å². The number of carbonyl (C=O) groups excluding carboxylic acids is 2. The molecule has 5 rings (SSSR count). The van der Waals surface area contributed by atoms with Gasteiger partial charge in [-0.1, -0.05) is 23.7 Å². The maximum Gasteiger partial charge on any atom is 0.420 e. The number of rotatable bonds is 3. The van der Waals surface area contributed by atoms with Crippen LogP contribution >= 0.6 is 11.6 Å². The lowest BCUT2D eigenvalue weighted by atomic mass is 10.1. The Kier molecular flexibility index (Phi) is 4.48. The molecule has 0 saturated heterocycles.